The van der Waals surface area contributed by atoms with E-state index in [9.17, 15) is 14.4 Å². The molecule has 1 aromatic carbocycles. The van der Waals surface area contributed by atoms with Crippen LogP contribution in [-0.4, -0.2) is 78.3 Å². The Morgan fingerprint density at radius 2 is 1.62 bits per heavy atom. The molecule has 3 aliphatic rings. The third kappa shape index (κ3) is 5.78. The number of hydrogen-bond donors (Lipinski definition) is 1. The van der Waals surface area contributed by atoms with Crippen molar-refractivity contribution in [2.24, 2.45) is 5.92 Å². The lowest BCUT2D eigenvalue weighted by Gasteiger charge is -2.37. The summed E-state index contributed by atoms with van der Waals surface area (Å²) in [5.74, 6) is 1.02. The molecule has 37 heavy (non-hydrogen) atoms. The molecule has 3 amide bonds. The van der Waals surface area contributed by atoms with Gasteiger partial charge in [0.05, 0.1) is 5.41 Å². The second-order valence-corrected chi connectivity index (χ2v) is 10.5. The Balaban J connectivity index is 1.21. The van der Waals surface area contributed by atoms with Gasteiger partial charge in [-0.05, 0) is 49.8 Å². The number of carbonyl (C=O) groups excluding carboxylic acids is 3. The highest BCUT2D eigenvalue weighted by atomic mass is 16.2. The second kappa shape index (κ2) is 11.3. The second-order valence-electron chi connectivity index (χ2n) is 10.5. The molecule has 2 aliphatic heterocycles. The Labute approximate surface area is 219 Å². The van der Waals surface area contributed by atoms with E-state index < -0.39 is 5.41 Å². The number of pyridine rings is 1. The minimum absolute atomic E-state index is 0.0561. The zero-order valence-corrected chi connectivity index (χ0v) is 21.5. The number of anilines is 1. The molecule has 1 saturated carbocycles. The minimum atomic E-state index is -0.444. The lowest BCUT2D eigenvalue weighted by atomic mass is 9.93. The van der Waals surface area contributed by atoms with Crippen molar-refractivity contribution in [3.8, 4) is 0 Å². The molecule has 1 aliphatic carbocycles. The third-order valence-corrected chi connectivity index (χ3v) is 8.09. The Morgan fingerprint density at radius 3 is 2.32 bits per heavy atom. The molecule has 0 spiro atoms. The van der Waals surface area contributed by atoms with Crippen LogP contribution in [0.1, 0.15) is 44.1 Å². The lowest BCUT2D eigenvalue weighted by molar-refractivity contribution is -0.136. The SMILES string of the molecule is O=C1CCN(C(=O)C2(c3ccccc3)CC2)CCCC(C(=O)N2CCN(c3ccccn3)CC2)CCN1. The molecule has 3 heterocycles. The summed E-state index contributed by atoms with van der Waals surface area (Å²) < 4.78 is 0. The van der Waals surface area contributed by atoms with Gasteiger partial charge in [0.15, 0.2) is 0 Å². The fraction of sp³-hybridized carbons (Fsp3) is 0.517. The van der Waals surface area contributed by atoms with Gasteiger partial charge in [-0.15, -0.1) is 0 Å². The van der Waals surface area contributed by atoms with Crippen molar-refractivity contribution in [2.45, 2.75) is 43.9 Å². The summed E-state index contributed by atoms with van der Waals surface area (Å²) in [6.45, 7) is 4.35. The first-order valence-corrected chi connectivity index (χ1v) is 13.6. The van der Waals surface area contributed by atoms with Gasteiger partial charge in [-0.2, -0.15) is 0 Å². The molecule has 3 fully saturated rings. The number of aromatic nitrogens is 1. The standard InChI is InChI=1S/C29H37N5O3/c35-26-12-18-34(28(37)29(13-14-29)24-8-2-1-3-9-24)17-6-7-23(11-16-31-26)27(36)33-21-19-32(20-22-33)25-10-4-5-15-30-25/h1-5,8-10,15,23H,6-7,11-14,16-22H2,(H,31,35). The molecule has 1 N–H and O–H groups in total. The van der Waals surface area contributed by atoms with Crippen LogP contribution in [0.3, 0.4) is 0 Å². The van der Waals surface area contributed by atoms with E-state index in [1.54, 1.807) is 6.20 Å². The number of hydrogen-bond acceptors (Lipinski definition) is 5. The number of piperazine rings is 1. The molecule has 8 nitrogen and oxygen atoms in total. The average Bonchev–Trinajstić information content (AvgIpc) is 3.76. The van der Waals surface area contributed by atoms with Crippen LogP contribution in [-0.2, 0) is 19.8 Å². The smallest absolute Gasteiger partial charge is 0.233 e. The van der Waals surface area contributed by atoms with Gasteiger partial charge in [-0.3, -0.25) is 14.4 Å². The number of rotatable bonds is 4. The van der Waals surface area contributed by atoms with E-state index in [0.29, 0.717) is 45.6 Å². The molecule has 5 rings (SSSR count). The van der Waals surface area contributed by atoms with Crippen molar-refractivity contribution in [1.29, 1.82) is 0 Å². The molecular weight excluding hydrogens is 466 g/mol. The molecular formula is C29H37N5O3. The molecule has 1 aromatic heterocycles. The zero-order chi connectivity index (χ0) is 25.7. The molecule has 0 radical (unpaired) electrons. The summed E-state index contributed by atoms with van der Waals surface area (Å²) in [5, 5.41) is 2.98. The van der Waals surface area contributed by atoms with E-state index in [1.807, 2.05) is 58.3 Å². The predicted octanol–water partition coefficient (Wildman–Crippen LogP) is 2.60. The summed E-state index contributed by atoms with van der Waals surface area (Å²) in [5.41, 5.74) is 0.622. The molecule has 1 unspecified atom stereocenters. The van der Waals surface area contributed by atoms with Crippen LogP contribution in [0.25, 0.3) is 0 Å². The Morgan fingerprint density at radius 1 is 0.865 bits per heavy atom. The average molecular weight is 504 g/mol. The lowest BCUT2D eigenvalue weighted by Crippen LogP contribution is -2.51. The quantitative estimate of drug-likeness (QED) is 0.693. The minimum Gasteiger partial charge on any atom is -0.356 e. The largest absolute Gasteiger partial charge is 0.356 e. The van der Waals surface area contributed by atoms with Gasteiger partial charge in [-0.1, -0.05) is 36.4 Å². The third-order valence-electron chi connectivity index (χ3n) is 8.09. The van der Waals surface area contributed by atoms with E-state index in [2.05, 4.69) is 15.2 Å². The van der Waals surface area contributed by atoms with Crippen LogP contribution in [0.4, 0.5) is 5.82 Å². The van der Waals surface area contributed by atoms with Gasteiger partial charge in [0.2, 0.25) is 17.7 Å². The summed E-state index contributed by atoms with van der Waals surface area (Å²) in [7, 11) is 0. The maximum Gasteiger partial charge on any atom is 0.233 e. The van der Waals surface area contributed by atoms with Gasteiger partial charge in [0, 0.05) is 64.3 Å². The zero-order valence-electron chi connectivity index (χ0n) is 21.5. The monoisotopic (exact) mass is 503 g/mol. The summed E-state index contributed by atoms with van der Waals surface area (Å²) in [6.07, 6.45) is 5.90. The van der Waals surface area contributed by atoms with Crippen LogP contribution in [0.2, 0.25) is 0 Å². The number of nitrogens with zero attached hydrogens (tertiary/aromatic N) is 4. The highest BCUT2D eigenvalue weighted by molar-refractivity contribution is 5.91. The molecule has 8 heteroatoms. The van der Waals surface area contributed by atoms with Crippen molar-refractivity contribution in [3.63, 3.8) is 0 Å². The fourth-order valence-electron chi connectivity index (χ4n) is 5.71. The van der Waals surface area contributed by atoms with Crippen molar-refractivity contribution < 1.29 is 14.4 Å². The van der Waals surface area contributed by atoms with E-state index in [4.69, 9.17) is 0 Å². The van der Waals surface area contributed by atoms with Crippen LogP contribution < -0.4 is 10.2 Å². The number of amides is 3. The molecule has 2 aromatic rings. The van der Waals surface area contributed by atoms with E-state index in [0.717, 1.165) is 50.2 Å². The molecule has 2 saturated heterocycles. The van der Waals surface area contributed by atoms with Gasteiger partial charge >= 0.3 is 0 Å². The fourth-order valence-corrected chi connectivity index (χ4v) is 5.71. The van der Waals surface area contributed by atoms with Gasteiger partial charge in [-0.25, -0.2) is 4.98 Å². The van der Waals surface area contributed by atoms with Crippen LogP contribution in [0, 0.1) is 5.92 Å². The molecule has 196 valence electrons. The van der Waals surface area contributed by atoms with Crippen molar-refractivity contribution in [3.05, 3.63) is 60.3 Å². The first-order valence-electron chi connectivity index (χ1n) is 13.6. The molecule has 0 bridgehead atoms. The summed E-state index contributed by atoms with van der Waals surface area (Å²) in [6, 6.07) is 15.9. The van der Waals surface area contributed by atoms with Gasteiger partial charge in [0.1, 0.15) is 5.82 Å². The Hall–Kier alpha value is -3.42. The summed E-state index contributed by atoms with van der Waals surface area (Å²) in [4.78, 5) is 50.1. The van der Waals surface area contributed by atoms with Gasteiger partial charge < -0.3 is 20.0 Å². The number of nitrogens with one attached hydrogen (secondary N) is 1. The summed E-state index contributed by atoms with van der Waals surface area (Å²) >= 11 is 0. The number of benzene rings is 1. The van der Waals surface area contributed by atoms with E-state index >= 15 is 0 Å². The maximum absolute atomic E-state index is 13.7. The first-order chi connectivity index (χ1) is 18.1. The van der Waals surface area contributed by atoms with Crippen molar-refractivity contribution in [1.82, 2.24) is 20.1 Å². The topological polar surface area (TPSA) is 85.9 Å². The highest BCUT2D eigenvalue weighted by Gasteiger charge is 2.52. The van der Waals surface area contributed by atoms with E-state index in [-0.39, 0.29) is 23.6 Å². The Kier molecular flexibility index (Phi) is 7.72. The van der Waals surface area contributed by atoms with Crippen LogP contribution in [0.5, 0.6) is 0 Å². The Bertz CT molecular complexity index is 1080. The predicted molar refractivity (Wildman–Crippen MR) is 142 cm³/mol. The normalized spacial score (nSPS) is 22.5. The van der Waals surface area contributed by atoms with Crippen molar-refractivity contribution >= 4 is 23.5 Å². The maximum atomic E-state index is 13.7. The van der Waals surface area contributed by atoms with Gasteiger partial charge in [0.25, 0.3) is 0 Å². The van der Waals surface area contributed by atoms with Crippen LogP contribution in [0.15, 0.2) is 54.7 Å². The van der Waals surface area contributed by atoms with Crippen molar-refractivity contribution in [2.75, 3.05) is 50.7 Å². The first kappa shape index (κ1) is 25.2. The highest BCUT2D eigenvalue weighted by Crippen LogP contribution is 2.49. The number of carbonyl (C=O) groups is 3. The van der Waals surface area contributed by atoms with E-state index in [1.165, 1.54) is 0 Å². The molecule has 1 atom stereocenters. The van der Waals surface area contributed by atoms with Crippen LogP contribution >= 0.6 is 0 Å².